The van der Waals surface area contributed by atoms with Crippen LogP contribution in [0.1, 0.15) is 5.56 Å². The third-order valence-corrected chi connectivity index (χ3v) is 4.06. The molecule has 9 heteroatoms. The fourth-order valence-electron chi connectivity index (χ4n) is 2.53. The molecule has 7 nitrogen and oxygen atoms in total. The van der Waals surface area contributed by atoms with Crippen LogP contribution >= 0.6 is 12.2 Å². The van der Waals surface area contributed by atoms with Crippen molar-refractivity contribution in [1.29, 1.82) is 0 Å². The topological polar surface area (TPSA) is 73.7 Å². The molecule has 0 atom stereocenters. The SMILES string of the molecule is COc1ccc(/C=N\n2c(-c3ccc(F)cc3)n[nH]c2=S)c(OC)c1OC. The van der Waals surface area contributed by atoms with Crippen molar-refractivity contribution in [3.05, 3.63) is 52.5 Å². The Morgan fingerprint density at radius 2 is 1.74 bits per heavy atom. The van der Waals surface area contributed by atoms with Crippen LogP contribution in [-0.4, -0.2) is 42.4 Å². The average molecular weight is 388 g/mol. The van der Waals surface area contributed by atoms with E-state index in [9.17, 15) is 4.39 Å². The number of hydrogen-bond acceptors (Lipinski definition) is 6. The Labute approximate surface area is 160 Å². The normalized spacial score (nSPS) is 11.0. The second-order valence-electron chi connectivity index (χ2n) is 5.34. The quantitative estimate of drug-likeness (QED) is 0.515. The van der Waals surface area contributed by atoms with Crippen LogP contribution in [0.3, 0.4) is 0 Å². The first-order valence-electron chi connectivity index (χ1n) is 7.85. The van der Waals surface area contributed by atoms with E-state index in [2.05, 4.69) is 15.3 Å². The Morgan fingerprint density at radius 1 is 1.04 bits per heavy atom. The number of benzene rings is 2. The van der Waals surface area contributed by atoms with E-state index in [0.29, 0.717) is 39.0 Å². The van der Waals surface area contributed by atoms with Gasteiger partial charge in [-0.3, -0.25) is 0 Å². The highest BCUT2D eigenvalue weighted by molar-refractivity contribution is 7.71. The minimum atomic E-state index is -0.335. The van der Waals surface area contributed by atoms with Crippen molar-refractivity contribution in [3.8, 4) is 28.6 Å². The molecule has 0 bridgehead atoms. The van der Waals surface area contributed by atoms with Crippen molar-refractivity contribution in [3.63, 3.8) is 0 Å². The molecule has 0 aliphatic rings. The van der Waals surface area contributed by atoms with Crippen LogP contribution in [0.15, 0.2) is 41.5 Å². The largest absolute Gasteiger partial charge is 0.493 e. The molecule has 3 aromatic rings. The Bertz CT molecular complexity index is 1030. The maximum absolute atomic E-state index is 13.2. The van der Waals surface area contributed by atoms with Crippen LogP contribution in [0.5, 0.6) is 17.2 Å². The molecule has 140 valence electrons. The molecule has 0 saturated heterocycles. The first kappa shape index (κ1) is 18.6. The van der Waals surface area contributed by atoms with Crippen LogP contribution in [0, 0.1) is 10.6 Å². The van der Waals surface area contributed by atoms with Crippen molar-refractivity contribution < 1.29 is 18.6 Å². The van der Waals surface area contributed by atoms with Crippen molar-refractivity contribution in [2.24, 2.45) is 5.10 Å². The van der Waals surface area contributed by atoms with Gasteiger partial charge in [-0.1, -0.05) is 0 Å². The first-order chi connectivity index (χ1) is 13.1. The van der Waals surface area contributed by atoms with E-state index in [-0.39, 0.29) is 5.82 Å². The van der Waals surface area contributed by atoms with E-state index in [1.165, 1.54) is 31.0 Å². The van der Waals surface area contributed by atoms with Gasteiger partial charge in [0, 0.05) is 11.1 Å². The number of halogens is 1. The van der Waals surface area contributed by atoms with Gasteiger partial charge in [-0.2, -0.15) is 14.9 Å². The molecule has 1 N–H and O–H groups in total. The Morgan fingerprint density at radius 3 is 2.37 bits per heavy atom. The van der Waals surface area contributed by atoms with Crippen molar-refractivity contribution in [2.45, 2.75) is 0 Å². The minimum absolute atomic E-state index is 0.296. The van der Waals surface area contributed by atoms with Gasteiger partial charge in [-0.25, -0.2) is 9.49 Å². The van der Waals surface area contributed by atoms with Gasteiger partial charge in [-0.15, -0.1) is 0 Å². The molecule has 27 heavy (non-hydrogen) atoms. The van der Waals surface area contributed by atoms with Gasteiger partial charge in [0.15, 0.2) is 17.3 Å². The van der Waals surface area contributed by atoms with Gasteiger partial charge >= 0.3 is 0 Å². The standard InChI is InChI=1S/C18H17FN4O3S/c1-24-14-9-6-12(15(25-2)16(14)26-3)10-20-23-17(21-22-18(23)27)11-4-7-13(19)8-5-11/h4-10H,1-3H3,(H,22,27)/b20-10-. The molecule has 0 amide bonds. The summed E-state index contributed by atoms with van der Waals surface area (Å²) in [6.07, 6.45) is 1.57. The fraction of sp³-hybridized carbons (Fsp3) is 0.167. The van der Waals surface area contributed by atoms with E-state index >= 15 is 0 Å². The van der Waals surface area contributed by atoms with Gasteiger partial charge in [0.05, 0.1) is 27.5 Å². The number of H-pyrrole nitrogens is 1. The number of rotatable bonds is 6. The Balaban J connectivity index is 2.04. The predicted octanol–water partition coefficient (Wildman–Crippen LogP) is 3.65. The monoisotopic (exact) mass is 388 g/mol. The second-order valence-corrected chi connectivity index (χ2v) is 5.73. The number of aromatic amines is 1. The molecular formula is C18H17FN4O3S. The molecular weight excluding hydrogens is 371 g/mol. The number of ether oxygens (including phenoxy) is 3. The zero-order valence-corrected chi connectivity index (χ0v) is 15.7. The first-order valence-corrected chi connectivity index (χ1v) is 8.26. The summed E-state index contributed by atoms with van der Waals surface area (Å²) in [5.41, 5.74) is 1.32. The molecule has 1 heterocycles. The van der Waals surface area contributed by atoms with Crippen LogP contribution in [0.4, 0.5) is 4.39 Å². The summed E-state index contributed by atoms with van der Waals surface area (Å²) in [4.78, 5) is 0. The fourth-order valence-corrected chi connectivity index (χ4v) is 2.71. The van der Waals surface area contributed by atoms with Crippen molar-refractivity contribution in [1.82, 2.24) is 14.9 Å². The number of methoxy groups -OCH3 is 3. The molecule has 0 fully saturated rings. The van der Waals surface area contributed by atoms with Crippen LogP contribution < -0.4 is 14.2 Å². The summed E-state index contributed by atoms with van der Waals surface area (Å²) >= 11 is 5.24. The molecule has 0 unspecified atom stereocenters. The second kappa shape index (κ2) is 8.00. The molecule has 0 aliphatic heterocycles. The molecule has 3 rings (SSSR count). The van der Waals surface area contributed by atoms with Gasteiger partial charge < -0.3 is 14.2 Å². The van der Waals surface area contributed by atoms with E-state index in [1.54, 1.807) is 37.6 Å². The van der Waals surface area contributed by atoms with E-state index in [4.69, 9.17) is 26.4 Å². The van der Waals surface area contributed by atoms with Crippen molar-refractivity contribution >= 4 is 18.4 Å². The molecule has 0 radical (unpaired) electrons. The summed E-state index contributed by atoms with van der Waals surface area (Å²) in [6, 6.07) is 9.42. The minimum Gasteiger partial charge on any atom is -0.493 e. The predicted molar refractivity (Wildman–Crippen MR) is 102 cm³/mol. The molecule has 1 aromatic heterocycles. The van der Waals surface area contributed by atoms with E-state index in [0.717, 1.165) is 0 Å². The Hall–Kier alpha value is -3.20. The smallest absolute Gasteiger partial charge is 0.216 e. The summed E-state index contributed by atoms with van der Waals surface area (Å²) in [5, 5.41) is 11.3. The van der Waals surface area contributed by atoms with E-state index in [1.807, 2.05) is 0 Å². The van der Waals surface area contributed by atoms with Crippen LogP contribution in [0.2, 0.25) is 0 Å². The van der Waals surface area contributed by atoms with E-state index < -0.39 is 0 Å². The zero-order valence-electron chi connectivity index (χ0n) is 14.9. The molecule has 0 aliphatic carbocycles. The summed E-state index contributed by atoms with van der Waals surface area (Å²) < 4.78 is 31.0. The number of nitrogens with one attached hydrogen (secondary N) is 1. The van der Waals surface area contributed by atoms with Gasteiger partial charge in [-0.05, 0) is 48.6 Å². The van der Waals surface area contributed by atoms with Crippen LogP contribution in [-0.2, 0) is 0 Å². The highest BCUT2D eigenvalue weighted by Gasteiger charge is 2.15. The maximum atomic E-state index is 13.2. The lowest BCUT2D eigenvalue weighted by molar-refractivity contribution is 0.324. The van der Waals surface area contributed by atoms with Crippen molar-refractivity contribution in [2.75, 3.05) is 21.3 Å². The number of aromatic nitrogens is 3. The number of nitrogens with zero attached hydrogens (tertiary/aromatic N) is 3. The average Bonchev–Trinajstić information content (AvgIpc) is 3.06. The summed E-state index contributed by atoms with van der Waals surface area (Å²) in [5.74, 6) is 1.59. The Kier molecular flexibility index (Phi) is 5.51. The molecule has 2 aromatic carbocycles. The lowest BCUT2D eigenvalue weighted by Crippen LogP contribution is -2.00. The lowest BCUT2D eigenvalue weighted by Gasteiger charge is -2.13. The lowest BCUT2D eigenvalue weighted by atomic mass is 10.2. The third kappa shape index (κ3) is 3.68. The molecule has 0 spiro atoms. The maximum Gasteiger partial charge on any atom is 0.216 e. The highest BCUT2D eigenvalue weighted by Crippen LogP contribution is 2.39. The summed E-state index contributed by atoms with van der Waals surface area (Å²) in [6.45, 7) is 0. The highest BCUT2D eigenvalue weighted by atomic mass is 32.1. The zero-order chi connectivity index (χ0) is 19.4. The molecule has 0 saturated carbocycles. The summed E-state index contributed by atoms with van der Waals surface area (Å²) in [7, 11) is 4.60. The third-order valence-electron chi connectivity index (χ3n) is 3.80. The van der Waals surface area contributed by atoms with Crippen LogP contribution in [0.25, 0.3) is 11.4 Å². The number of hydrogen-bond donors (Lipinski definition) is 1. The van der Waals surface area contributed by atoms with Gasteiger partial charge in [0.1, 0.15) is 5.82 Å². The van der Waals surface area contributed by atoms with Gasteiger partial charge in [0.2, 0.25) is 10.5 Å². The van der Waals surface area contributed by atoms with Gasteiger partial charge in [0.25, 0.3) is 0 Å².